The van der Waals surface area contributed by atoms with Crippen LogP contribution in [0.25, 0.3) is 10.9 Å². The first-order chi connectivity index (χ1) is 10.5. The van der Waals surface area contributed by atoms with Gasteiger partial charge in [0.15, 0.2) is 0 Å². The molecule has 0 bridgehead atoms. The second kappa shape index (κ2) is 5.29. The molecule has 0 unspecified atom stereocenters. The van der Waals surface area contributed by atoms with E-state index < -0.39 is 6.04 Å². The molecule has 1 saturated heterocycles. The van der Waals surface area contributed by atoms with Crippen LogP contribution in [0.5, 0.6) is 0 Å². The summed E-state index contributed by atoms with van der Waals surface area (Å²) in [7, 11) is 0. The third-order valence-electron chi connectivity index (χ3n) is 3.82. The molecule has 0 spiro atoms. The van der Waals surface area contributed by atoms with Crippen LogP contribution in [0.15, 0.2) is 30.5 Å². The lowest BCUT2D eigenvalue weighted by molar-refractivity contribution is -0.140. The lowest BCUT2D eigenvalue weighted by Gasteiger charge is -2.19. The minimum atomic E-state index is -0.774. The van der Waals surface area contributed by atoms with Crippen LogP contribution in [-0.4, -0.2) is 39.7 Å². The molecular formula is C16H17N3O3. The first-order valence-electron chi connectivity index (χ1n) is 7.21. The predicted octanol–water partition coefficient (Wildman–Crippen LogP) is 1.43. The maximum Gasteiger partial charge on any atom is 0.252 e. The Bertz CT molecular complexity index is 763. The molecule has 1 atom stereocenters. The molecule has 1 aromatic heterocycles. The smallest absolute Gasteiger partial charge is 0.252 e. The molecule has 1 fully saturated rings. The van der Waals surface area contributed by atoms with Gasteiger partial charge >= 0.3 is 0 Å². The molecule has 0 aliphatic carbocycles. The fourth-order valence-electron chi connectivity index (χ4n) is 2.74. The van der Waals surface area contributed by atoms with Gasteiger partial charge in [0.25, 0.3) is 11.8 Å². The number of likely N-dealkylation sites (tertiary alicyclic amines) is 1. The number of nitrogens with zero attached hydrogens (tertiary/aromatic N) is 1. The average Bonchev–Trinajstić information content (AvgIpc) is 3.02. The molecule has 114 valence electrons. The summed E-state index contributed by atoms with van der Waals surface area (Å²) in [4.78, 5) is 40.6. The van der Waals surface area contributed by atoms with E-state index in [-0.39, 0.29) is 30.2 Å². The maximum absolute atomic E-state index is 12.3. The minimum absolute atomic E-state index is 0.0230. The average molecular weight is 299 g/mol. The number of rotatable bonds is 3. The van der Waals surface area contributed by atoms with Crippen LogP contribution in [0.2, 0.25) is 0 Å². The van der Waals surface area contributed by atoms with E-state index in [1.807, 2.05) is 12.1 Å². The number of aromatic amines is 1. The molecule has 6 nitrogen and oxygen atoms in total. The zero-order chi connectivity index (χ0) is 15.9. The number of aromatic nitrogens is 1. The summed E-state index contributed by atoms with van der Waals surface area (Å²) in [6, 6.07) is 6.16. The summed E-state index contributed by atoms with van der Waals surface area (Å²) < 4.78 is 0. The maximum atomic E-state index is 12.3. The van der Waals surface area contributed by atoms with Crippen LogP contribution in [0.1, 0.15) is 30.6 Å². The van der Waals surface area contributed by atoms with Gasteiger partial charge in [-0.1, -0.05) is 0 Å². The molecule has 2 aromatic rings. The van der Waals surface area contributed by atoms with Crippen molar-refractivity contribution >= 4 is 28.6 Å². The van der Waals surface area contributed by atoms with Gasteiger partial charge < -0.3 is 10.3 Å². The van der Waals surface area contributed by atoms with Crippen molar-refractivity contribution in [3.63, 3.8) is 0 Å². The third-order valence-corrected chi connectivity index (χ3v) is 3.82. The van der Waals surface area contributed by atoms with Gasteiger partial charge in [-0.05, 0) is 38.1 Å². The molecule has 3 amide bonds. The first kappa shape index (κ1) is 14.3. The van der Waals surface area contributed by atoms with Gasteiger partial charge in [0, 0.05) is 28.7 Å². The van der Waals surface area contributed by atoms with Crippen LogP contribution in [0.4, 0.5) is 0 Å². The first-order valence-corrected chi connectivity index (χ1v) is 7.21. The highest BCUT2D eigenvalue weighted by molar-refractivity contribution is 6.08. The molecule has 2 heterocycles. The van der Waals surface area contributed by atoms with Gasteiger partial charge in [-0.15, -0.1) is 0 Å². The summed E-state index contributed by atoms with van der Waals surface area (Å²) in [6.45, 7) is 3.56. The Balaban J connectivity index is 1.77. The normalized spacial score (nSPS) is 18.5. The van der Waals surface area contributed by atoms with Gasteiger partial charge in [0.1, 0.15) is 6.04 Å². The van der Waals surface area contributed by atoms with Gasteiger partial charge in [0.2, 0.25) is 5.91 Å². The Kier molecular flexibility index (Phi) is 3.44. The predicted molar refractivity (Wildman–Crippen MR) is 81.2 cm³/mol. The zero-order valence-corrected chi connectivity index (χ0v) is 12.4. The zero-order valence-electron chi connectivity index (χ0n) is 12.4. The highest BCUT2D eigenvalue weighted by Crippen LogP contribution is 2.18. The van der Waals surface area contributed by atoms with Crippen LogP contribution in [-0.2, 0) is 9.59 Å². The van der Waals surface area contributed by atoms with E-state index in [1.165, 1.54) is 4.90 Å². The van der Waals surface area contributed by atoms with E-state index in [0.717, 1.165) is 10.9 Å². The largest absolute Gasteiger partial charge is 0.361 e. The topological polar surface area (TPSA) is 82.3 Å². The van der Waals surface area contributed by atoms with Crippen molar-refractivity contribution in [1.82, 2.24) is 15.2 Å². The Labute approximate surface area is 127 Å². The summed E-state index contributed by atoms with van der Waals surface area (Å²) in [6.07, 6.45) is 1.82. The Morgan fingerprint density at radius 2 is 2.09 bits per heavy atom. The Hall–Kier alpha value is -2.63. The van der Waals surface area contributed by atoms with Crippen LogP contribution in [0.3, 0.4) is 0 Å². The molecule has 0 radical (unpaired) electrons. The molecule has 3 rings (SSSR count). The second-order valence-electron chi connectivity index (χ2n) is 5.71. The molecular weight excluding hydrogens is 282 g/mol. The number of amides is 3. The number of nitrogens with one attached hydrogen (secondary N) is 2. The van der Waals surface area contributed by atoms with Crippen molar-refractivity contribution in [2.45, 2.75) is 32.4 Å². The van der Waals surface area contributed by atoms with Crippen molar-refractivity contribution in [2.75, 3.05) is 0 Å². The number of imide groups is 1. The molecule has 1 aromatic carbocycles. The lowest BCUT2D eigenvalue weighted by Crippen LogP contribution is -2.43. The molecule has 22 heavy (non-hydrogen) atoms. The van der Waals surface area contributed by atoms with Crippen LogP contribution in [0, 0.1) is 0 Å². The summed E-state index contributed by atoms with van der Waals surface area (Å²) >= 11 is 0. The molecule has 1 aliphatic rings. The van der Waals surface area contributed by atoms with Gasteiger partial charge in [-0.2, -0.15) is 0 Å². The van der Waals surface area contributed by atoms with E-state index in [1.54, 1.807) is 32.2 Å². The van der Waals surface area contributed by atoms with Crippen LogP contribution < -0.4 is 5.32 Å². The van der Waals surface area contributed by atoms with E-state index >= 15 is 0 Å². The van der Waals surface area contributed by atoms with Gasteiger partial charge in [0.05, 0.1) is 6.42 Å². The molecule has 2 N–H and O–H groups in total. The van der Waals surface area contributed by atoms with Crippen molar-refractivity contribution in [1.29, 1.82) is 0 Å². The molecule has 6 heteroatoms. The summed E-state index contributed by atoms with van der Waals surface area (Å²) in [5.41, 5.74) is 1.41. The highest BCUT2D eigenvalue weighted by Gasteiger charge is 2.40. The molecule has 0 saturated carbocycles. The number of benzene rings is 1. The number of hydrogen-bond acceptors (Lipinski definition) is 3. The number of H-pyrrole nitrogens is 1. The van der Waals surface area contributed by atoms with Gasteiger partial charge in [-0.25, -0.2) is 0 Å². The quantitative estimate of drug-likeness (QED) is 0.841. The van der Waals surface area contributed by atoms with E-state index in [9.17, 15) is 14.4 Å². The van der Waals surface area contributed by atoms with Crippen molar-refractivity contribution in [2.24, 2.45) is 0 Å². The monoisotopic (exact) mass is 299 g/mol. The van der Waals surface area contributed by atoms with Crippen molar-refractivity contribution < 1.29 is 14.4 Å². The fraction of sp³-hybridized carbons (Fsp3) is 0.312. The Morgan fingerprint density at radius 3 is 2.77 bits per heavy atom. The van der Waals surface area contributed by atoms with Crippen molar-refractivity contribution in [3.05, 3.63) is 36.0 Å². The lowest BCUT2D eigenvalue weighted by atomic mass is 10.1. The number of hydrogen-bond donors (Lipinski definition) is 2. The second-order valence-corrected chi connectivity index (χ2v) is 5.71. The Morgan fingerprint density at radius 1 is 1.32 bits per heavy atom. The third kappa shape index (κ3) is 2.36. The summed E-state index contributed by atoms with van der Waals surface area (Å²) in [5, 5.41) is 3.58. The van der Waals surface area contributed by atoms with E-state index in [0.29, 0.717) is 5.56 Å². The number of carbonyl (C=O) groups excluding carboxylic acids is 3. The highest BCUT2D eigenvalue weighted by atomic mass is 16.2. The number of fused-ring (bicyclic) bond motifs is 1. The standard InChI is InChI=1S/C16H17N3O3/c1-9(2)19-14(20)8-13(16(19)22)18-15(21)11-3-4-12-10(7-11)5-6-17-12/h3-7,9,13,17H,8H2,1-2H3,(H,18,21)/t13-/m1/s1. The molecule has 1 aliphatic heterocycles. The number of carbonyl (C=O) groups is 3. The van der Waals surface area contributed by atoms with Crippen LogP contribution >= 0.6 is 0 Å². The van der Waals surface area contributed by atoms with E-state index in [4.69, 9.17) is 0 Å². The SMILES string of the molecule is CC(C)N1C(=O)C[C@@H](NC(=O)c2ccc3[nH]ccc3c2)C1=O. The summed E-state index contributed by atoms with van der Waals surface area (Å²) in [5.74, 6) is -0.928. The minimum Gasteiger partial charge on any atom is -0.361 e. The van der Waals surface area contributed by atoms with Crippen molar-refractivity contribution in [3.8, 4) is 0 Å². The fourth-order valence-corrected chi connectivity index (χ4v) is 2.74. The van der Waals surface area contributed by atoms with E-state index in [2.05, 4.69) is 10.3 Å². The van der Waals surface area contributed by atoms with Gasteiger partial charge in [-0.3, -0.25) is 19.3 Å².